The summed E-state index contributed by atoms with van der Waals surface area (Å²) in [7, 11) is 0. The van der Waals surface area contributed by atoms with Crippen LogP contribution < -0.4 is 0 Å². The molecule has 3 saturated carbocycles. The van der Waals surface area contributed by atoms with Crippen molar-refractivity contribution in [1.29, 1.82) is 0 Å². The summed E-state index contributed by atoms with van der Waals surface area (Å²) in [6.45, 7) is 2.29. The van der Waals surface area contributed by atoms with Crippen molar-refractivity contribution in [1.82, 2.24) is 0 Å². The molecule has 0 amide bonds. The third-order valence-corrected chi connectivity index (χ3v) is 7.39. The molecule has 0 saturated heterocycles. The van der Waals surface area contributed by atoms with E-state index >= 15 is 0 Å². The van der Waals surface area contributed by atoms with Gasteiger partial charge in [-0.1, -0.05) is 71.1 Å². The Morgan fingerprint density at radius 1 is 0.739 bits per heavy atom. The first-order valence-corrected chi connectivity index (χ1v) is 10.9. The second-order valence-electron chi connectivity index (χ2n) is 9.28. The highest BCUT2D eigenvalue weighted by atomic mass is 16.3. The van der Waals surface area contributed by atoms with Gasteiger partial charge in [-0.2, -0.15) is 0 Å². The Hall–Kier alpha value is -0.0400. The van der Waals surface area contributed by atoms with E-state index in [0.717, 1.165) is 30.6 Å². The molecule has 5 atom stereocenters. The minimum atomic E-state index is -0.265. The van der Waals surface area contributed by atoms with Crippen molar-refractivity contribution in [2.45, 2.75) is 115 Å². The molecule has 3 rings (SSSR count). The third kappa shape index (κ3) is 4.53. The average molecular weight is 321 g/mol. The summed E-state index contributed by atoms with van der Waals surface area (Å²) >= 11 is 0. The summed E-state index contributed by atoms with van der Waals surface area (Å²) in [6, 6.07) is 0. The highest BCUT2D eigenvalue weighted by Gasteiger charge is 2.54. The Kier molecular flexibility index (Phi) is 6.46. The lowest BCUT2D eigenvalue weighted by Crippen LogP contribution is -2.45. The van der Waals surface area contributed by atoms with Crippen LogP contribution in [-0.2, 0) is 0 Å². The van der Waals surface area contributed by atoms with Crippen molar-refractivity contribution in [2.75, 3.05) is 0 Å². The van der Waals surface area contributed by atoms with Crippen LogP contribution in [0.4, 0.5) is 0 Å². The lowest BCUT2D eigenvalue weighted by atomic mass is 9.63. The summed E-state index contributed by atoms with van der Waals surface area (Å²) < 4.78 is 0. The van der Waals surface area contributed by atoms with Crippen LogP contribution in [0.5, 0.6) is 0 Å². The van der Waals surface area contributed by atoms with Gasteiger partial charge in [0.15, 0.2) is 0 Å². The molecule has 23 heavy (non-hydrogen) atoms. The first-order valence-electron chi connectivity index (χ1n) is 10.9. The minimum absolute atomic E-state index is 0.265. The number of hydrogen-bond acceptors (Lipinski definition) is 1. The standard InChI is InChI=1S/C22H40O/c1-2-3-4-5-6-7-8-9-10-11-12-22(23)17-19-13-18-14-20(15-19)21(22)16-18/h18-21,23H,2-17H2,1H3/t18-,19+,20-,21?,22?/m0/s1. The topological polar surface area (TPSA) is 20.2 Å². The van der Waals surface area contributed by atoms with E-state index in [0.29, 0.717) is 5.92 Å². The zero-order valence-electron chi connectivity index (χ0n) is 15.6. The molecule has 0 heterocycles. The molecule has 134 valence electrons. The van der Waals surface area contributed by atoms with E-state index in [-0.39, 0.29) is 5.60 Å². The van der Waals surface area contributed by atoms with E-state index in [1.807, 2.05) is 0 Å². The molecule has 3 bridgehead atoms. The lowest BCUT2D eigenvalue weighted by molar-refractivity contribution is -0.0876. The van der Waals surface area contributed by atoms with Gasteiger partial charge in [-0.05, 0) is 62.2 Å². The van der Waals surface area contributed by atoms with Crippen LogP contribution in [0.1, 0.15) is 110 Å². The SMILES string of the molecule is CCCCCCCCCCCCC1(O)C[C@@H]2C[C@@H]3CC1[C@H](C2)C3. The Bertz CT molecular complexity index is 350. The molecule has 2 unspecified atom stereocenters. The summed E-state index contributed by atoms with van der Waals surface area (Å²) in [6.07, 6.45) is 21.9. The fourth-order valence-electron chi connectivity index (χ4n) is 6.37. The van der Waals surface area contributed by atoms with E-state index in [1.54, 1.807) is 0 Å². The van der Waals surface area contributed by atoms with Gasteiger partial charge in [-0.15, -0.1) is 0 Å². The number of hydrogen-bond donors (Lipinski definition) is 1. The van der Waals surface area contributed by atoms with Gasteiger partial charge >= 0.3 is 0 Å². The summed E-state index contributed by atoms with van der Waals surface area (Å²) in [5.74, 6) is 3.40. The number of unbranched alkanes of at least 4 members (excludes halogenated alkanes) is 9. The van der Waals surface area contributed by atoms with Crippen LogP contribution in [0.15, 0.2) is 0 Å². The van der Waals surface area contributed by atoms with Crippen molar-refractivity contribution < 1.29 is 5.11 Å². The van der Waals surface area contributed by atoms with Gasteiger partial charge in [0.2, 0.25) is 0 Å². The van der Waals surface area contributed by atoms with E-state index < -0.39 is 0 Å². The smallest absolute Gasteiger partial charge is 0.0681 e. The molecule has 0 spiro atoms. The van der Waals surface area contributed by atoms with E-state index in [2.05, 4.69) is 6.92 Å². The van der Waals surface area contributed by atoms with Gasteiger partial charge in [0, 0.05) is 0 Å². The normalized spacial score (nSPS) is 38.3. The molecule has 1 N–H and O–H groups in total. The molecule has 3 aliphatic carbocycles. The molecule has 0 radical (unpaired) electrons. The highest BCUT2D eigenvalue weighted by Crippen LogP contribution is 2.59. The zero-order chi connectivity index (χ0) is 16.1. The van der Waals surface area contributed by atoms with Crippen LogP contribution in [0.3, 0.4) is 0 Å². The maximum Gasteiger partial charge on any atom is 0.0681 e. The van der Waals surface area contributed by atoms with Crippen LogP contribution >= 0.6 is 0 Å². The van der Waals surface area contributed by atoms with E-state index in [4.69, 9.17) is 0 Å². The fourth-order valence-corrected chi connectivity index (χ4v) is 6.37. The van der Waals surface area contributed by atoms with Crippen LogP contribution in [0, 0.1) is 23.7 Å². The predicted octanol–water partition coefficient (Wildman–Crippen LogP) is 6.48. The van der Waals surface area contributed by atoms with Gasteiger partial charge in [0.25, 0.3) is 0 Å². The second kappa shape index (κ2) is 8.37. The van der Waals surface area contributed by atoms with Gasteiger partial charge in [-0.25, -0.2) is 0 Å². The van der Waals surface area contributed by atoms with E-state index in [1.165, 1.54) is 89.9 Å². The molecule has 3 fully saturated rings. The molecule has 0 aliphatic heterocycles. The third-order valence-electron chi connectivity index (χ3n) is 7.39. The van der Waals surface area contributed by atoms with Crippen LogP contribution in [-0.4, -0.2) is 10.7 Å². The monoisotopic (exact) mass is 320 g/mol. The zero-order valence-corrected chi connectivity index (χ0v) is 15.6. The predicted molar refractivity (Wildman–Crippen MR) is 98.5 cm³/mol. The summed E-state index contributed by atoms with van der Waals surface area (Å²) in [4.78, 5) is 0. The number of rotatable bonds is 11. The molecule has 0 aromatic rings. The molecule has 0 aromatic carbocycles. The molecule has 1 nitrogen and oxygen atoms in total. The van der Waals surface area contributed by atoms with Crippen molar-refractivity contribution >= 4 is 0 Å². The Morgan fingerprint density at radius 3 is 2.04 bits per heavy atom. The van der Waals surface area contributed by atoms with Crippen molar-refractivity contribution in [3.8, 4) is 0 Å². The van der Waals surface area contributed by atoms with Gasteiger partial charge in [-0.3, -0.25) is 0 Å². The average Bonchev–Trinajstić information content (AvgIpc) is 2.79. The van der Waals surface area contributed by atoms with Gasteiger partial charge in [0.05, 0.1) is 5.60 Å². The lowest BCUT2D eigenvalue weighted by Gasteiger charge is -2.45. The first-order chi connectivity index (χ1) is 11.2. The Balaban J connectivity index is 1.26. The maximum atomic E-state index is 11.3. The maximum absolute atomic E-state index is 11.3. The number of fused-ring (bicyclic) bond motifs is 2. The fraction of sp³-hybridized carbons (Fsp3) is 1.00. The Labute approximate surface area is 144 Å². The second-order valence-corrected chi connectivity index (χ2v) is 9.28. The molecule has 3 aliphatic rings. The van der Waals surface area contributed by atoms with Crippen LogP contribution in [0.2, 0.25) is 0 Å². The summed E-state index contributed by atoms with van der Waals surface area (Å²) in [5, 5.41) is 11.3. The largest absolute Gasteiger partial charge is 0.390 e. The van der Waals surface area contributed by atoms with Crippen molar-refractivity contribution in [3.63, 3.8) is 0 Å². The summed E-state index contributed by atoms with van der Waals surface area (Å²) in [5.41, 5.74) is -0.265. The molecule has 1 heteroatoms. The first kappa shape index (κ1) is 17.8. The molecule has 0 aromatic heterocycles. The molecular formula is C22H40O. The van der Waals surface area contributed by atoms with Gasteiger partial charge < -0.3 is 5.11 Å². The van der Waals surface area contributed by atoms with Crippen molar-refractivity contribution in [2.24, 2.45) is 23.7 Å². The van der Waals surface area contributed by atoms with Crippen LogP contribution in [0.25, 0.3) is 0 Å². The Morgan fingerprint density at radius 2 is 1.35 bits per heavy atom. The molecular weight excluding hydrogens is 280 g/mol. The highest BCUT2D eigenvalue weighted by molar-refractivity contribution is 5.05. The van der Waals surface area contributed by atoms with Gasteiger partial charge in [0.1, 0.15) is 0 Å². The van der Waals surface area contributed by atoms with E-state index in [9.17, 15) is 5.11 Å². The van der Waals surface area contributed by atoms with Crippen molar-refractivity contribution in [3.05, 3.63) is 0 Å². The quantitative estimate of drug-likeness (QED) is 0.432. The minimum Gasteiger partial charge on any atom is -0.390 e. The number of aliphatic hydroxyl groups is 1.